The molecule has 0 bridgehead atoms. The Morgan fingerprint density at radius 3 is 2.74 bits per heavy atom. The van der Waals surface area contributed by atoms with Crippen molar-refractivity contribution in [3.63, 3.8) is 0 Å². The largest absolute Gasteiger partial charge is 0.444 e. The number of amides is 1. The molecule has 0 fully saturated rings. The van der Waals surface area contributed by atoms with E-state index in [0.29, 0.717) is 19.7 Å². The van der Waals surface area contributed by atoms with Gasteiger partial charge in [0.15, 0.2) is 5.82 Å². The molecule has 1 atom stereocenters. The van der Waals surface area contributed by atoms with Crippen molar-refractivity contribution in [2.24, 2.45) is 7.05 Å². The zero-order chi connectivity index (χ0) is 17.3. The van der Waals surface area contributed by atoms with Crippen molar-refractivity contribution in [2.45, 2.75) is 51.8 Å². The van der Waals surface area contributed by atoms with Crippen LogP contribution >= 0.6 is 0 Å². The number of nitrogens with one attached hydrogen (secondary N) is 2. The summed E-state index contributed by atoms with van der Waals surface area (Å²) < 4.78 is 12.1. The minimum absolute atomic E-state index is 0.184. The Morgan fingerprint density at radius 2 is 2.17 bits per heavy atom. The molecular formula is C15H29N5O3. The van der Waals surface area contributed by atoms with Gasteiger partial charge in [0.2, 0.25) is 0 Å². The summed E-state index contributed by atoms with van der Waals surface area (Å²) in [7, 11) is 3.51. The lowest BCUT2D eigenvalue weighted by Crippen LogP contribution is -2.36. The van der Waals surface area contributed by atoms with Crippen molar-refractivity contribution in [3.05, 3.63) is 12.2 Å². The van der Waals surface area contributed by atoms with Gasteiger partial charge in [-0.1, -0.05) is 0 Å². The van der Waals surface area contributed by atoms with Gasteiger partial charge in [-0.2, -0.15) is 5.10 Å². The van der Waals surface area contributed by atoms with E-state index in [-0.39, 0.29) is 12.1 Å². The van der Waals surface area contributed by atoms with Crippen LogP contribution < -0.4 is 10.6 Å². The molecule has 132 valence electrons. The molecule has 2 N–H and O–H groups in total. The van der Waals surface area contributed by atoms with Gasteiger partial charge in [0.25, 0.3) is 0 Å². The van der Waals surface area contributed by atoms with Gasteiger partial charge in [0, 0.05) is 26.7 Å². The third kappa shape index (κ3) is 9.14. The molecule has 8 nitrogen and oxygen atoms in total. The van der Waals surface area contributed by atoms with Gasteiger partial charge in [0.1, 0.15) is 11.9 Å². The summed E-state index contributed by atoms with van der Waals surface area (Å²) in [6.07, 6.45) is 2.99. The lowest BCUT2D eigenvalue weighted by molar-refractivity contribution is 0.0526. The number of hydrogen-bond acceptors (Lipinski definition) is 6. The van der Waals surface area contributed by atoms with Crippen LogP contribution in [0.2, 0.25) is 0 Å². The molecule has 0 saturated heterocycles. The second-order valence-corrected chi connectivity index (χ2v) is 6.44. The number of alkyl carbamates (subject to hydrolysis) is 1. The lowest BCUT2D eigenvalue weighted by Gasteiger charge is -2.20. The van der Waals surface area contributed by atoms with Crippen LogP contribution in [-0.2, 0) is 23.1 Å². The SMILES string of the molecule is COCC(CCCNC(=O)OC(C)(C)C)NCc1ncn(C)n1. The van der Waals surface area contributed by atoms with E-state index in [4.69, 9.17) is 9.47 Å². The molecule has 1 rings (SSSR count). The first-order valence-corrected chi connectivity index (χ1v) is 7.84. The minimum Gasteiger partial charge on any atom is -0.444 e. The van der Waals surface area contributed by atoms with E-state index in [2.05, 4.69) is 20.7 Å². The Balaban J connectivity index is 2.23. The first-order chi connectivity index (χ1) is 10.8. The molecule has 0 aliphatic carbocycles. The van der Waals surface area contributed by atoms with Crippen molar-refractivity contribution >= 4 is 6.09 Å². The summed E-state index contributed by atoms with van der Waals surface area (Å²) in [5.74, 6) is 0.750. The summed E-state index contributed by atoms with van der Waals surface area (Å²) in [5.41, 5.74) is -0.472. The van der Waals surface area contributed by atoms with Crippen LogP contribution in [0.4, 0.5) is 4.79 Å². The maximum Gasteiger partial charge on any atom is 0.407 e. The van der Waals surface area contributed by atoms with Gasteiger partial charge in [-0.25, -0.2) is 9.78 Å². The van der Waals surface area contributed by atoms with Crippen LogP contribution in [0.3, 0.4) is 0 Å². The van der Waals surface area contributed by atoms with E-state index in [9.17, 15) is 4.79 Å². The van der Waals surface area contributed by atoms with E-state index >= 15 is 0 Å². The number of ether oxygens (including phenoxy) is 2. The average Bonchev–Trinajstić information content (AvgIpc) is 2.84. The Labute approximate surface area is 137 Å². The van der Waals surface area contributed by atoms with E-state index < -0.39 is 5.60 Å². The van der Waals surface area contributed by atoms with Crippen LogP contribution in [0.25, 0.3) is 0 Å². The highest BCUT2D eigenvalue weighted by Gasteiger charge is 2.16. The van der Waals surface area contributed by atoms with Crippen LogP contribution in [-0.4, -0.2) is 52.8 Å². The smallest absolute Gasteiger partial charge is 0.407 e. The Bertz CT molecular complexity index is 470. The number of carbonyl (C=O) groups is 1. The molecule has 0 aliphatic heterocycles. The third-order valence-electron chi connectivity index (χ3n) is 2.96. The van der Waals surface area contributed by atoms with Gasteiger partial charge in [-0.3, -0.25) is 4.68 Å². The molecule has 8 heteroatoms. The zero-order valence-electron chi connectivity index (χ0n) is 14.8. The maximum atomic E-state index is 11.5. The first-order valence-electron chi connectivity index (χ1n) is 7.84. The highest BCUT2D eigenvalue weighted by Crippen LogP contribution is 2.06. The molecule has 1 aromatic rings. The molecule has 1 unspecified atom stereocenters. The number of methoxy groups -OCH3 is 1. The van der Waals surface area contributed by atoms with Crippen molar-refractivity contribution < 1.29 is 14.3 Å². The number of nitrogens with zero attached hydrogens (tertiary/aromatic N) is 3. The Morgan fingerprint density at radius 1 is 1.43 bits per heavy atom. The number of aryl methyl sites for hydroxylation is 1. The minimum atomic E-state index is -0.472. The van der Waals surface area contributed by atoms with Gasteiger partial charge in [0.05, 0.1) is 13.2 Å². The number of hydrogen-bond donors (Lipinski definition) is 2. The fourth-order valence-electron chi connectivity index (χ4n) is 2.00. The summed E-state index contributed by atoms with van der Waals surface area (Å²) in [6, 6.07) is 0.184. The van der Waals surface area contributed by atoms with E-state index in [1.165, 1.54) is 0 Å². The molecular weight excluding hydrogens is 298 g/mol. The fourth-order valence-corrected chi connectivity index (χ4v) is 2.00. The molecule has 0 aliphatic rings. The van der Waals surface area contributed by atoms with Crippen LogP contribution in [0.15, 0.2) is 6.33 Å². The van der Waals surface area contributed by atoms with Crippen LogP contribution in [0.5, 0.6) is 0 Å². The standard InChI is InChI=1S/C15H29N5O3/c1-15(2,3)23-14(21)16-8-6-7-12(10-22-5)17-9-13-18-11-20(4)19-13/h11-12,17H,6-10H2,1-5H3,(H,16,21). The molecule has 0 spiro atoms. The average molecular weight is 327 g/mol. The summed E-state index contributed by atoms with van der Waals surface area (Å²) >= 11 is 0. The van der Waals surface area contributed by atoms with Gasteiger partial charge >= 0.3 is 6.09 Å². The summed E-state index contributed by atoms with van der Waals surface area (Å²) in [6.45, 7) is 7.29. The molecule has 1 amide bonds. The van der Waals surface area contributed by atoms with E-state index in [1.807, 2.05) is 27.8 Å². The maximum absolute atomic E-state index is 11.5. The van der Waals surface area contributed by atoms with Crippen LogP contribution in [0, 0.1) is 0 Å². The van der Waals surface area contributed by atoms with Crippen molar-refractivity contribution in [3.8, 4) is 0 Å². The quantitative estimate of drug-likeness (QED) is 0.663. The van der Waals surface area contributed by atoms with Crippen molar-refractivity contribution in [1.82, 2.24) is 25.4 Å². The summed E-state index contributed by atoms with van der Waals surface area (Å²) in [5, 5.41) is 10.4. The van der Waals surface area contributed by atoms with Gasteiger partial charge in [-0.15, -0.1) is 0 Å². The lowest BCUT2D eigenvalue weighted by atomic mass is 10.1. The second-order valence-electron chi connectivity index (χ2n) is 6.44. The predicted octanol–water partition coefficient (Wildman–Crippen LogP) is 1.22. The fraction of sp³-hybridized carbons (Fsp3) is 0.800. The molecule has 0 saturated carbocycles. The van der Waals surface area contributed by atoms with E-state index in [0.717, 1.165) is 18.7 Å². The van der Waals surface area contributed by atoms with Crippen molar-refractivity contribution in [1.29, 1.82) is 0 Å². The predicted molar refractivity (Wildman–Crippen MR) is 87.0 cm³/mol. The number of carbonyl (C=O) groups excluding carboxylic acids is 1. The molecule has 1 aromatic heterocycles. The molecule has 0 radical (unpaired) electrons. The first kappa shape index (κ1) is 19.4. The third-order valence-corrected chi connectivity index (χ3v) is 2.96. The molecule has 23 heavy (non-hydrogen) atoms. The highest BCUT2D eigenvalue weighted by molar-refractivity contribution is 5.67. The molecule has 0 aromatic carbocycles. The monoisotopic (exact) mass is 327 g/mol. The molecule has 1 heterocycles. The summed E-state index contributed by atoms with van der Waals surface area (Å²) in [4.78, 5) is 15.7. The van der Waals surface area contributed by atoms with Crippen molar-refractivity contribution in [2.75, 3.05) is 20.3 Å². The Hall–Kier alpha value is -1.67. The van der Waals surface area contributed by atoms with Gasteiger partial charge < -0.3 is 20.1 Å². The van der Waals surface area contributed by atoms with E-state index in [1.54, 1.807) is 18.1 Å². The van der Waals surface area contributed by atoms with Gasteiger partial charge in [-0.05, 0) is 33.6 Å². The topological polar surface area (TPSA) is 90.3 Å². The number of aromatic nitrogens is 3. The second kappa shape index (κ2) is 9.46. The zero-order valence-corrected chi connectivity index (χ0v) is 14.8. The Kier molecular flexibility index (Phi) is 7.97. The normalized spacial score (nSPS) is 12.9. The number of rotatable bonds is 9. The van der Waals surface area contributed by atoms with Crippen LogP contribution in [0.1, 0.15) is 39.4 Å². The highest BCUT2D eigenvalue weighted by atomic mass is 16.6.